The molecule has 4 amide bonds. The SMILES string of the molecule is COc1ccc(NC(=O)CN2C(=O)NC(CC(C)C)C2=O)cc1OC. The third kappa shape index (κ3) is 4.40. The number of hydrogen-bond donors (Lipinski definition) is 2. The first-order valence-corrected chi connectivity index (χ1v) is 7.99. The number of nitrogens with one attached hydrogen (secondary N) is 2. The lowest BCUT2D eigenvalue weighted by atomic mass is 10.0. The van der Waals surface area contributed by atoms with Crippen molar-refractivity contribution in [2.75, 3.05) is 26.1 Å². The molecule has 1 aliphatic rings. The molecular formula is C17H23N3O5. The van der Waals surface area contributed by atoms with Crippen molar-refractivity contribution in [1.29, 1.82) is 0 Å². The van der Waals surface area contributed by atoms with E-state index < -0.39 is 18.0 Å². The summed E-state index contributed by atoms with van der Waals surface area (Å²) in [4.78, 5) is 37.3. The van der Waals surface area contributed by atoms with Gasteiger partial charge >= 0.3 is 6.03 Å². The Hall–Kier alpha value is -2.77. The van der Waals surface area contributed by atoms with E-state index in [4.69, 9.17) is 9.47 Å². The van der Waals surface area contributed by atoms with Crippen LogP contribution in [0, 0.1) is 5.92 Å². The highest BCUT2D eigenvalue weighted by Gasteiger charge is 2.38. The van der Waals surface area contributed by atoms with Gasteiger partial charge in [-0.25, -0.2) is 4.79 Å². The molecule has 1 atom stereocenters. The third-order valence-electron chi connectivity index (χ3n) is 3.78. The number of hydrogen-bond acceptors (Lipinski definition) is 5. The summed E-state index contributed by atoms with van der Waals surface area (Å²) >= 11 is 0. The van der Waals surface area contributed by atoms with Crippen LogP contribution in [0.1, 0.15) is 20.3 Å². The van der Waals surface area contributed by atoms with Crippen LogP contribution in [-0.4, -0.2) is 49.6 Å². The number of rotatable bonds is 7. The van der Waals surface area contributed by atoms with Crippen LogP contribution in [0.3, 0.4) is 0 Å². The fourth-order valence-corrected chi connectivity index (χ4v) is 2.62. The predicted octanol–water partition coefficient (Wildman–Crippen LogP) is 1.61. The molecule has 1 heterocycles. The maximum absolute atomic E-state index is 12.2. The van der Waals surface area contributed by atoms with Gasteiger partial charge in [0.25, 0.3) is 5.91 Å². The van der Waals surface area contributed by atoms with Crippen molar-refractivity contribution in [3.05, 3.63) is 18.2 Å². The molecule has 25 heavy (non-hydrogen) atoms. The summed E-state index contributed by atoms with van der Waals surface area (Å²) < 4.78 is 10.3. The zero-order valence-corrected chi connectivity index (χ0v) is 14.8. The Morgan fingerprint density at radius 1 is 1.24 bits per heavy atom. The Labute approximate surface area is 146 Å². The van der Waals surface area contributed by atoms with Crippen LogP contribution in [0.5, 0.6) is 11.5 Å². The Balaban J connectivity index is 2.00. The van der Waals surface area contributed by atoms with E-state index in [1.807, 2.05) is 13.8 Å². The lowest BCUT2D eigenvalue weighted by Crippen LogP contribution is -2.38. The molecule has 0 aliphatic carbocycles. The topological polar surface area (TPSA) is 97.0 Å². The van der Waals surface area contributed by atoms with Crippen molar-refractivity contribution >= 4 is 23.5 Å². The molecule has 8 heteroatoms. The molecule has 1 aliphatic heterocycles. The van der Waals surface area contributed by atoms with E-state index in [9.17, 15) is 14.4 Å². The normalized spacial score (nSPS) is 16.8. The monoisotopic (exact) mass is 349 g/mol. The zero-order valence-electron chi connectivity index (χ0n) is 14.8. The molecule has 2 rings (SSSR count). The number of carbonyl (C=O) groups excluding carboxylic acids is 3. The largest absolute Gasteiger partial charge is 0.493 e. The van der Waals surface area contributed by atoms with Gasteiger partial charge in [0.05, 0.1) is 14.2 Å². The van der Waals surface area contributed by atoms with Crippen molar-refractivity contribution in [2.24, 2.45) is 5.92 Å². The predicted molar refractivity (Wildman–Crippen MR) is 91.7 cm³/mol. The van der Waals surface area contributed by atoms with E-state index in [0.29, 0.717) is 23.6 Å². The molecule has 1 unspecified atom stereocenters. The third-order valence-corrected chi connectivity index (χ3v) is 3.78. The first kappa shape index (κ1) is 18.6. The van der Waals surface area contributed by atoms with Crippen molar-refractivity contribution in [3.63, 3.8) is 0 Å². The number of ether oxygens (including phenoxy) is 2. The van der Waals surface area contributed by atoms with Crippen molar-refractivity contribution in [1.82, 2.24) is 10.2 Å². The minimum Gasteiger partial charge on any atom is -0.493 e. The minimum atomic E-state index is -0.568. The first-order valence-electron chi connectivity index (χ1n) is 7.99. The molecule has 0 bridgehead atoms. The van der Waals surface area contributed by atoms with Crippen LogP contribution in [0.4, 0.5) is 10.5 Å². The number of imide groups is 1. The van der Waals surface area contributed by atoms with Crippen LogP contribution >= 0.6 is 0 Å². The maximum atomic E-state index is 12.2. The van der Waals surface area contributed by atoms with Crippen LogP contribution in [0.25, 0.3) is 0 Å². The molecule has 0 saturated carbocycles. The smallest absolute Gasteiger partial charge is 0.325 e. The van der Waals surface area contributed by atoms with E-state index in [0.717, 1.165) is 4.90 Å². The van der Waals surface area contributed by atoms with Gasteiger partial charge in [-0.1, -0.05) is 13.8 Å². The van der Waals surface area contributed by atoms with Crippen molar-refractivity contribution in [2.45, 2.75) is 26.3 Å². The second-order valence-corrected chi connectivity index (χ2v) is 6.17. The summed E-state index contributed by atoms with van der Waals surface area (Å²) in [7, 11) is 3.01. The number of benzene rings is 1. The van der Waals surface area contributed by atoms with Gasteiger partial charge in [0, 0.05) is 11.8 Å². The molecular weight excluding hydrogens is 326 g/mol. The Morgan fingerprint density at radius 3 is 2.52 bits per heavy atom. The van der Waals surface area contributed by atoms with Crippen LogP contribution in [-0.2, 0) is 9.59 Å². The fourth-order valence-electron chi connectivity index (χ4n) is 2.62. The molecule has 136 valence electrons. The molecule has 2 N–H and O–H groups in total. The van der Waals surface area contributed by atoms with E-state index in [-0.39, 0.29) is 18.4 Å². The summed E-state index contributed by atoms with van der Waals surface area (Å²) in [5, 5.41) is 5.25. The highest BCUT2D eigenvalue weighted by Crippen LogP contribution is 2.29. The summed E-state index contributed by atoms with van der Waals surface area (Å²) in [5.74, 6) is 0.412. The molecule has 8 nitrogen and oxygen atoms in total. The Bertz CT molecular complexity index is 674. The fraction of sp³-hybridized carbons (Fsp3) is 0.471. The summed E-state index contributed by atoms with van der Waals surface area (Å²) in [5.41, 5.74) is 0.480. The lowest BCUT2D eigenvalue weighted by Gasteiger charge is -2.14. The second-order valence-electron chi connectivity index (χ2n) is 6.17. The number of urea groups is 1. The van der Waals surface area contributed by atoms with E-state index in [1.54, 1.807) is 18.2 Å². The van der Waals surface area contributed by atoms with E-state index in [2.05, 4.69) is 10.6 Å². The zero-order chi connectivity index (χ0) is 18.6. The van der Waals surface area contributed by atoms with Gasteiger partial charge in [0.15, 0.2) is 11.5 Å². The van der Waals surface area contributed by atoms with Crippen LogP contribution < -0.4 is 20.1 Å². The highest BCUT2D eigenvalue weighted by atomic mass is 16.5. The van der Waals surface area contributed by atoms with Gasteiger partial charge < -0.3 is 20.1 Å². The standard InChI is InChI=1S/C17H23N3O5/c1-10(2)7-12-16(22)20(17(23)19-12)9-15(21)18-11-5-6-13(24-3)14(8-11)25-4/h5-6,8,10,12H,7,9H2,1-4H3,(H,18,21)(H,19,23). The Kier molecular flexibility index (Phi) is 5.84. The Morgan fingerprint density at radius 2 is 1.92 bits per heavy atom. The average Bonchev–Trinajstić information content (AvgIpc) is 2.81. The van der Waals surface area contributed by atoms with Gasteiger partial charge in [0.2, 0.25) is 5.91 Å². The summed E-state index contributed by atoms with van der Waals surface area (Å²) in [6, 6.07) is 3.79. The first-order chi connectivity index (χ1) is 11.8. The molecule has 1 aromatic carbocycles. The van der Waals surface area contributed by atoms with Crippen molar-refractivity contribution in [3.8, 4) is 11.5 Å². The summed E-state index contributed by atoms with van der Waals surface area (Å²) in [6.45, 7) is 3.59. The average molecular weight is 349 g/mol. The number of nitrogens with zero attached hydrogens (tertiary/aromatic N) is 1. The molecule has 0 spiro atoms. The second kappa shape index (κ2) is 7.87. The summed E-state index contributed by atoms with van der Waals surface area (Å²) in [6.07, 6.45) is 0.540. The van der Waals surface area contributed by atoms with Crippen molar-refractivity contribution < 1.29 is 23.9 Å². The molecule has 1 fully saturated rings. The molecule has 1 saturated heterocycles. The van der Waals surface area contributed by atoms with Gasteiger partial charge in [-0.05, 0) is 24.5 Å². The number of carbonyl (C=O) groups is 3. The van der Waals surface area contributed by atoms with E-state index >= 15 is 0 Å². The number of methoxy groups -OCH3 is 2. The molecule has 1 aromatic rings. The maximum Gasteiger partial charge on any atom is 0.325 e. The van der Waals surface area contributed by atoms with Gasteiger partial charge in [-0.2, -0.15) is 0 Å². The number of anilines is 1. The van der Waals surface area contributed by atoms with Gasteiger partial charge in [-0.3, -0.25) is 14.5 Å². The van der Waals surface area contributed by atoms with E-state index in [1.165, 1.54) is 14.2 Å². The van der Waals surface area contributed by atoms with Gasteiger partial charge in [0.1, 0.15) is 12.6 Å². The lowest BCUT2D eigenvalue weighted by molar-refractivity contribution is -0.131. The van der Waals surface area contributed by atoms with Crippen LogP contribution in [0.15, 0.2) is 18.2 Å². The van der Waals surface area contributed by atoms with Crippen LogP contribution in [0.2, 0.25) is 0 Å². The minimum absolute atomic E-state index is 0.259. The highest BCUT2D eigenvalue weighted by molar-refractivity contribution is 6.07. The quantitative estimate of drug-likeness (QED) is 0.729. The van der Waals surface area contributed by atoms with Gasteiger partial charge in [-0.15, -0.1) is 0 Å². The molecule has 0 aromatic heterocycles. The number of amides is 4. The molecule has 0 radical (unpaired) electrons.